The van der Waals surface area contributed by atoms with Crippen molar-refractivity contribution >= 4 is 11.8 Å². The molecule has 0 spiro atoms. The summed E-state index contributed by atoms with van der Waals surface area (Å²) in [7, 11) is 1.59. The van der Waals surface area contributed by atoms with Crippen LogP contribution in [-0.4, -0.2) is 60.0 Å². The Morgan fingerprint density at radius 1 is 1.27 bits per heavy atom. The SMILES string of the molecule is COCCOCC(=O)NCc1cc2n(n1)CCCN(C(=O)C1CCC1)C2. The number of rotatable bonds is 8. The molecule has 1 aromatic heterocycles. The van der Waals surface area contributed by atoms with Gasteiger partial charge in [0.15, 0.2) is 0 Å². The van der Waals surface area contributed by atoms with E-state index in [-0.39, 0.29) is 24.3 Å². The van der Waals surface area contributed by atoms with Crippen LogP contribution in [-0.2, 0) is 38.7 Å². The molecule has 1 aromatic rings. The van der Waals surface area contributed by atoms with Gasteiger partial charge in [-0.2, -0.15) is 5.10 Å². The van der Waals surface area contributed by atoms with Crippen LogP contribution >= 0.6 is 0 Å². The van der Waals surface area contributed by atoms with E-state index >= 15 is 0 Å². The smallest absolute Gasteiger partial charge is 0.246 e. The molecule has 144 valence electrons. The highest BCUT2D eigenvalue weighted by molar-refractivity contribution is 5.79. The molecule has 8 heteroatoms. The van der Waals surface area contributed by atoms with Crippen molar-refractivity contribution in [3.05, 3.63) is 17.5 Å². The topological polar surface area (TPSA) is 85.7 Å². The first kappa shape index (κ1) is 18.8. The number of methoxy groups -OCH3 is 1. The van der Waals surface area contributed by atoms with E-state index in [0.29, 0.717) is 26.3 Å². The molecule has 1 saturated carbocycles. The highest BCUT2D eigenvalue weighted by Gasteiger charge is 2.30. The predicted octanol–water partition coefficient (Wildman–Crippen LogP) is 0.695. The van der Waals surface area contributed by atoms with Gasteiger partial charge in [0.2, 0.25) is 11.8 Å². The highest BCUT2D eigenvalue weighted by atomic mass is 16.5. The number of ether oxygens (including phenoxy) is 2. The molecule has 8 nitrogen and oxygen atoms in total. The maximum atomic E-state index is 12.5. The van der Waals surface area contributed by atoms with Gasteiger partial charge in [-0.15, -0.1) is 0 Å². The Hall–Kier alpha value is -1.93. The van der Waals surface area contributed by atoms with Gasteiger partial charge in [-0.3, -0.25) is 14.3 Å². The van der Waals surface area contributed by atoms with Gasteiger partial charge in [0.05, 0.1) is 37.7 Å². The quantitative estimate of drug-likeness (QED) is 0.686. The monoisotopic (exact) mass is 364 g/mol. The van der Waals surface area contributed by atoms with Gasteiger partial charge in [0.25, 0.3) is 0 Å². The molecule has 1 fully saturated rings. The number of carbonyl (C=O) groups excluding carboxylic acids is 2. The van der Waals surface area contributed by atoms with Crippen molar-refractivity contribution in [3.63, 3.8) is 0 Å². The number of aryl methyl sites for hydroxylation is 1. The summed E-state index contributed by atoms with van der Waals surface area (Å²) in [5.74, 6) is 0.335. The van der Waals surface area contributed by atoms with Crippen molar-refractivity contribution in [1.29, 1.82) is 0 Å². The van der Waals surface area contributed by atoms with E-state index in [2.05, 4.69) is 10.4 Å². The average Bonchev–Trinajstić information content (AvgIpc) is 2.85. The number of nitrogens with one attached hydrogen (secondary N) is 1. The molecule has 2 heterocycles. The molecule has 2 aliphatic rings. The summed E-state index contributed by atoms with van der Waals surface area (Å²) >= 11 is 0. The zero-order chi connectivity index (χ0) is 18.4. The Balaban J connectivity index is 1.49. The largest absolute Gasteiger partial charge is 0.382 e. The molecule has 0 radical (unpaired) electrons. The number of hydrogen-bond acceptors (Lipinski definition) is 5. The maximum Gasteiger partial charge on any atom is 0.246 e. The van der Waals surface area contributed by atoms with Crippen molar-refractivity contribution < 1.29 is 19.1 Å². The average molecular weight is 364 g/mol. The second-order valence-electron chi connectivity index (χ2n) is 6.91. The van der Waals surface area contributed by atoms with Gasteiger partial charge < -0.3 is 19.7 Å². The van der Waals surface area contributed by atoms with Gasteiger partial charge in [-0.05, 0) is 25.3 Å². The number of nitrogens with zero attached hydrogens (tertiary/aromatic N) is 3. The number of carbonyl (C=O) groups is 2. The Morgan fingerprint density at radius 2 is 2.12 bits per heavy atom. The summed E-state index contributed by atoms with van der Waals surface area (Å²) in [6, 6.07) is 1.98. The number of hydrogen-bond donors (Lipinski definition) is 1. The Bertz CT molecular complexity index is 627. The van der Waals surface area contributed by atoms with Crippen LogP contribution in [0.5, 0.6) is 0 Å². The summed E-state index contributed by atoms with van der Waals surface area (Å²) in [5, 5.41) is 7.38. The fourth-order valence-electron chi connectivity index (χ4n) is 3.26. The summed E-state index contributed by atoms with van der Waals surface area (Å²) in [4.78, 5) is 26.3. The van der Waals surface area contributed by atoms with Crippen molar-refractivity contribution in [1.82, 2.24) is 20.0 Å². The lowest BCUT2D eigenvalue weighted by Crippen LogP contribution is -2.38. The molecule has 1 aliphatic heterocycles. The van der Waals surface area contributed by atoms with Crippen LogP contribution < -0.4 is 5.32 Å². The zero-order valence-electron chi connectivity index (χ0n) is 15.4. The predicted molar refractivity (Wildman–Crippen MR) is 94.1 cm³/mol. The lowest BCUT2D eigenvalue weighted by molar-refractivity contribution is -0.138. The maximum absolute atomic E-state index is 12.5. The minimum absolute atomic E-state index is 0.0145. The van der Waals surface area contributed by atoms with Crippen LogP contribution in [0.2, 0.25) is 0 Å². The fourth-order valence-corrected chi connectivity index (χ4v) is 3.26. The minimum atomic E-state index is -0.175. The van der Waals surface area contributed by atoms with Crippen molar-refractivity contribution in [3.8, 4) is 0 Å². The van der Waals surface area contributed by atoms with Crippen LogP contribution in [0, 0.1) is 5.92 Å². The third-order valence-electron chi connectivity index (χ3n) is 4.96. The van der Waals surface area contributed by atoms with Crippen LogP contribution in [0.3, 0.4) is 0 Å². The summed E-state index contributed by atoms with van der Waals surface area (Å²) in [5.41, 5.74) is 1.85. The van der Waals surface area contributed by atoms with Crippen LogP contribution in [0.25, 0.3) is 0 Å². The van der Waals surface area contributed by atoms with Crippen LogP contribution in [0.15, 0.2) is 6.07 Å². The van der Waals surface area contributed by atoms with Gasteiger partial charge in [-0.1, -0.05) is 6.42 Å². The first-order chi connectivity index (χ1) is 12.7. The summed E-state index contributed by atoms with van der Waals surface area (Å²) < 4.78 is 12.0. The van der Waals surface area contributed by atoms with Gasteiger partial charge >= 0.3 is 0 Å². The van der Waals surface area contributed by atoms with Crippen LogP contribution in [0.1, 0.15) is 37.1 Å². The molecule has 0 bridgehead atoms. The molecule has 3 rings (SSSR count). The number of fused-ring (bicyclic) bond motifs is 1. The minimum Gasteiger partial charge on any atom is -0.382 e. The highest BCUT2D eigenvalue weighted by Crippen LogP contribution is 2.29. The molecular weight excluding hydrogens is 336 g/mol. The molecular formula is C18H28N4O4. The standard InChI is InChI=1S/C18H28N4O4/c1-25-8-9-26-13-17(23)19-11-15-10-16-12-21(6-3-7-22(16)20-15)18(24)14-4-2-5-14/h10,14H,2-9,11-13H2,1H3,(H,19,23). The Kier molecular flexibility index (Phi) is 6.62. The fraction of sp³-hybridized carbons (Fsp3) is 0.722. The van der Waals surface area contributed by atoms with E-state index in [1.54, 1.807) is 7.11 Å². The number of amides is 2. The number of aromatic nitrogens is 2. The molecule has 1 N–H and O–H groups in total. The first-order valence-corrected chi connectivity index (χ1v) is 9.35. The third-order valence-corrected chi connectivity index (χ3v) is 4.96. The van der Waals surface area contributed by atoms with Gasteiger partial charge in [-0.25, -0.2) is 0 Å². The third kappa shape index (κ3) is 4.82. The van der Waals surface area contributed by atoms with Crippen molar-refractivity contribution in [2.24, 2.45) is 5.92 Å². The Morgan fingerprint density at radius 3 is 2.85 bits per heavy atom. The molecule has 0 atom stereocenters. The lowest BCUT2D eigenvalue weighted by atomic mass is 9.84. The lowest BCUT2D eigenvalue weighted by Gasteiger charge is -2.30. The molecule has 2 amide bonds. The molecule has 0 aromatic carbocycles. The molecule has 0 unspecified atom stereocenters. The van der Waals surface area contributed by atoms with Gasteiger partial charge in [0.1, 0.15) is 6.61 Å². The Labute approximate surface area is 153 Å². The zero-order valence-corrected chi connectivity index (χ0v) is 15.4. The van der Waals surface area contributed by atoms with E-state index in [4.69, 9.17) is 9.47 Å². The van der Waals surface area contributed by atoms with E-state index in [0.717, 1.165) is 43.7 Å². The summed E-state index contributed by atoms with van der Waals surface area (Å²) in [6.45, 7) is 3.45. The summed E-state index contributed by atoms with van der Waals surface area (Å²) in [6.07, 6.45) is 4.13. The second-order valence-corrected chi connectivity index (χ2v) is 6.91. The molecule has 26 heavy (non-hydrogen) atoms. The van der Waals surface area contributed by atoms with Crippen molar-refractivity contribution in [2.75, 3.05) is 33.5 Å². The second kappa shape index (κ2) is 9.14. The van der Waals surface area contributed by atoms with Crippen molar-refractivity contribution in [2.45, 2.75) is 45.3 Å². The molecule has 0 saturated heterocycles. The van der Waals surface area contributed by atoms with Crippen LogP contribution in [0.4, 0.5) is 0 Å². The molecule has 1 aliphatic carbocycles. The normalized spacial score (nSPS) is 17.3. The van der Waals surface area contributed by atoms with E-state index < -0.39 is 0 Å². The first-order valence-electron chi connectivity index (χ1n) is 9.35. The van der Waals surface area contributed by atoms with E-state index in [1.807, 2.05) is 15.6 Å². The van der Waals surface area contributed by atoms with E-state index in [1.165, 1.54) is 6.42 Å². The van der Waals surface area contributed by atoms with Gasteiger partial charge in [0, 0.05) is 26.1 Å². The van der Waals surface area contributed by atoms with E-state index in [9.17, 15) is 9.59 Å².